The van der Waals surface area contributed by atoms with E-state index >= 15 is 0 Å². The highest BCUT2D eigenvalue weighted by atomic mass is 79.9. The molecule has 0 fully saturated rings. The molecule has 5 rings (SSSR count). The van der Waals surface area contributed by atoms with Crippen LogP contribution >= 0.6 is 15.9 Å². The lowest BCUT2D eigenvalue weighted by Crippen LogP contribution is -2.40. The van der Waals surface area contributed by atoms with E-state index in [1.165, 1.54) is 11.1 Å². The first kappa shape index (κ1) is 27.2. The van der Waals surface area contributed by atoms with Gasteiger partial charge in [0.25, 0.3) is 0 Å². The van der Waals surface area contributed by atoms with Crippen molar-refractivity contribution >= 4 is 32.7 Å². The second-order valence-electron chi connectivity index (χ2n) is 10.4. The van der Waals surface area contributed by atoms with Crippen LogP contribution in [0.2, 0.25) is 0 Å². The van der Waals surface area contributed by atoms with Crippen molar-refractivity contribution in [1.29, 1.82) is 0 Å². The molecule has 5 nitrogen and oxygen atoms in total. The molecule has 4 aromatic rings. The van der Waals surface area contributed by atoms with Crippen LogP contribution in [-0.2, 0) is 13.0 Å². The number of hydrogen-bond acceptors (Lipinski definition) is 5. The lowest BCUT2D eigenvalue weighted by molar-refractivity contribution is 0.0721. The Balaban J connectivity index is 1.50. The van der Waals surface area contributed by atoms with Crippen LogP contribution in [0, 0.1) is 0 Å². The molecule has 0 aliphatic carbocycles. The fraction of sp³-hybridized carbons (Fsp3) is 0.303. The lowest BCUT2D eigenvalue weighted by atomic mass is 9.88. The topological polar surface area (TPSA) is 48.0 Å². The zero-order valence-corrected chi connectivity index (χ0v) is 24.6. The van der Waals surface area contributed by atoms with Gasteiger partial charge >= 0.3 is 5.97 Å². The maximum absolute atomic E-state index is 13.7. The summed E-state index contributed by atoms with van der Waals surface area (Å²) in [6.07, 6.45) is 0.892. The Labute approximate surface area is 238 Å². The first-order valence-corrected chi connectivity index (χ1v) is 14.2. The molecule has 0 aromatic heterocycles. The number of halogens is 1. The van der Waals surface area contributed by atoms with Crippen LogP contribution in [0.15, 0.2) is 77.3 Å². The SMILES string of the molecule is COc1cc(C(=O)Oc2cccc3c2[C@@H](C)N(Cc2ccccc2)[C@H](C)C3)c(Br)c2cccc(OC(C)C)c12. The Morgan fingerprint density at radius 2 is 1.69 bits per heavy atom. The minimum atomic E-state index is -0.439. The van der Waals surface area contributed by atoms with Crippen LogP contribution in [0.3, 0.4) is 0 Å². The van der Waals surface area contributed by atoms with E-state index in [2.05, 4.69) is 65.0 Å². The van der Waals surface area contributed by atoms with Gasteiger partial charge in [-0.1, -0.05) is 54.6 Å². The summed E-state index contributed by atoms with van der Waals surface area (Å²) in [6.45, 7) is 9.25. The molecule has 1 heterocycles. The third-order valence-electron chi connectivity index (χ3n) is 7.39. The summed E-state index contributed by atoms with van der Waals surface area (Å²) >= 11 is 3.68. The normalized spacial score (nSPS) is 17.2. The van der Waals surface area contributed by atoms with Crippen molar-refractivity contribution in [3.63, 3.8) is 0 Å². The molecule has 0 N–H and O–H groups in total. The maximum Gasteiger partial charge on any atom is 0.344 e. The van der Waals surface area contributed by atoms with Crippen LogP contribution in [0.1, 0.15) is 60.8 Å². The summed E-state index contributed by atoms with van der Waals surface area (Å²) in [6, 6.07) is 24.4. The number of benzene rings is 4. The van der Waals surface area contributed by atoms with Gasteiger partial charge in [-0.2, -0.15) is 0 Å². The highest BCUT2D eigenvalue weighted by Gasteiger charge is 2.32. The zero-order valence-electron chi connectivity index (χ0n) is 23.0. The molecule has 1 aliphatic rings. The van der Waals surface area contributed by atoms with Crippen LogP contribution < -0.4 is 14.2 Å². The Hall–Kier alpha value is -3.35. The zero-order chi connectivity index (χ0) is 27.7. The lowest BCUT2D eigenvalue weighted by Gasteiger charge is -2.41. The maximum atomic E-state index is 13.7. The molecule has 0 amide bonds. The second kappa shape index (κ2) is 11.4. The number of rotatable bonds is 7. The van der Waals surface area contributed by atoms with Gasteiger partial charge in [0.15, 0.2) is 0 Å². The number of methoxy groups -OCH3 is 1. The Morgan fingerprint density at radius 3 is 2.41 bits per heavy atom. The van der Waals surface area contributed by atoms with Crippen molar-refractivity contribution in [2.45, 2.75) is 58.8 Å². The van der Waals surface area contributed by atoms with E-state index in [1.807, 2.05) is 50.2 Å². The van der Waals surface area contributed by atoms with Gasteiger partial charge in [-0.05, 0) is 79.4 Å². The van der Waals surface area contributed by atoms with E-state index in [1.54, 1.807) is 13.2 Å². The van der Waals surface area contributed by atoms with Crippen LogP contribution in [-0.4, -0.2) is 30.1 Å². The number of esters is 1. The molecule has 6 heteroatoms. The molecule has 0 spiro atoms. The highest BCUT2D eigenvalue weighted by molar-refractivity contribution is 9.10. The third kappa shape index (κ3) is 5.41. The molecular formula is C33H34BrNO4. The summed E-state index contributed by atoms with van der Waals surface area (Å²) in [5.74, 6) is 1.42. The molecular weight excluding hydrogens is 554 g/mol. The van der Waals surface area contributed by atoms with E-state index in [0.717, 1.165) is 29.3 Å². The minimum absolute atomic E-state index is 0.000791. The van der Waals surface area contributed by atoms with Gasteiger partial charge < -0.3 is 14.2 Å². The fourth-order valence-corrected chi connectivity index (χ4v) is 6.20. The Kier molecular flexibility index (Phi) is 7.96. The number of fused-ring (bicyclic) bond motifs is 2. The summed E-state index contributed by atoms with van der Waals surface area (Å²) in [7, 11) is 1.60. The third-order valence-corrected chi connectivity index (χ3v) is 8.24. The number of carbonyl (C=O) groups excluding carboxylic acids is 1. The van der Waals surface area contributed by atoms with Gasteiger partial charge in [0.05, 0.1) is 24.2 Å². The van der Waals surface area contributed by atoms with E-state index < -0.39 is 5.97 Å². The molecule has 0 saturated carbocycles. The first-order chi connectivity index (χ1) is 18.8. The smallest absolute Gasteiger partial charge is 0.344 e. The van der Waals surface area contributed by atoms with Crippen molar-refractivity contribution in [3.05, 3.63) is 99.5 Å². The molecule has 202 valence electrons. The Bertz CT molecular complexity index is 1500. The molecule has 0 unspecified atom stereocenters. The number of carbonyl (C=O) groups is 1. The average Bonchev–Trinajstić information content (AvgIpc) is 2.91. The Morgan fingerprint density at radius 1 is 0.974 bits per heavy atom. The van der Waals surface area contributed by atoms with Crippen LogP contribution in [0.5, 0.6) is 17.2 Å². The molecule has 4 aromatic carbocycles. The fourth-order valence-electron chi connectivity index (χ4n) is 5.60. The van der Waals surface area contributed by atoms with E-state index in [4.69, 9.17) is 14.2 Å². The van der Waals surface area contributed by atoms with E-state index in [9.17, 15) is 4.79 Å². The molecule has 0 bridgehead atoms. The monoisotopic (exact) mass is 587 g/mol. The van der Waals surface area contributed by atoms with Gasteiger partial charge in [-0.15, -0.1) is 0 Å². The number of nitrogens with zero attached hydrogens (tertiary/aromatic N) is 1. The van der Waals surface area contributed by atoms with Crippen molar-refractivity contribution in [2.75, 3.05) is 7.11 Å². The molecule has 39 heavy (non-hydrogen) atoms. The summed E-state index contributed by atoms with van der Waals surface area (Å²) in [5.41, 5.74) is 3.95. The van der Waals surface area contributed by atoms with Crippen molar-refractivity contribution < 1.29 is 19.0 Å². The minimum Gasteiger partial charge on any atom is -0.496 e. The molecule has 0 saturated heterocycles. The van der Waals surface area contributed by atoms with Crippen molar-refractivity contribution in [3.8, 4) is 17.2 Å². The van der Waals surface area contributed by atoms with Gasteiger partial charge in [-0.3, -0.25) is 4.90 Å². The van der Waals surface area contributed by atoms with Gasteiger partial charge in [0.2, 0.25) is 0 Å². The van der Waals surface area contributed by atoms with Crippen LogP contribution in [0.25, 0.3) is 10.8 Å². The first-order valence-electron chi connectivity index (χ1n) is 13.4. The summed E-state index contributed by atoms with van der Waals surface area (Å²) in [5, 5.41) is 1.64. The van der Waals surface area contributed by atoms with Gasteiger partial charge in [0.1, 0.15) is 17.2 Å². The van der Waals surface area contributed by atoms with E-state index in [-0.39, 0.29) is 12.1 Å². The summed E-state index contributed by atoms with van der Waals surface area (Å²) < 4.78 is 18.5. The summed E-state index contributed by atoms with van der Waals surface area (Å²) in [4.78, 5) is 16.2. The predicted octanol–water partition coefficient (Wildman–Crippen LogP) is 8.13. The van der Waals surface area contributed by atoms with Crippen molar-refractivity contribution in [1.82, 2.24) is 4.90 Å². The molecule has 2 atom stereocenters. The van der Waals surface area contributed by atoms with Crippen molar-refractivity contribution in [2.24, 2.45) is 0 Å². The molecule has 0 radical (unpaired) electrons. The van der Waals surface area contributed by atoms with Gasteiger partial charge in [-0.25, -0.2) is 4.79 Å². The predicted molar refractivity (Wildman–Crippen MR) is 159 cm³/mol. The van der Waals surface area contributed by atoms with Gasteiger partial charge in [0, 0.05) is 34.1 Å². The van der Waals surface area contributed by atoms with E-state index in [0.29, 0.717) is 33.3 Å². The number of hydrogen-bond donors (Lipinski definition) is 0. The quantitative estimate of drug-likeness (QED) is 0.161. The molecule has 1 aliphatic heterocycles. The second-order valence-corrected chi connectivity index (χ2v) is 11.2. The standard InChI is InChI=1S/C33H34BrNO4/c1-20(2)38-28-16-10-14-25-31(28)29(37-5)18-26(32(25)34)33(36)39-27-15-9-13-24-17-21(3)35(22(4)30(24)27)19-23-11-7-6-8-12-23/h6-16,18,20-22H,17,19H2,1-5H3/t21-,22-/m1/s1. The average molecular weight is 589 g/mol. The van der Waals surface area contributed by atoms with Crippen LogP contribution in [0.4, 0.5) is 0 Å². The highest BCUT2D eigenvalue weighted by Crippen LogP contribution is 2.43. The number of ether oxygens (including phenoxy) is 3. The largest absolute Gasteiger partial charge is 0.496 e.